The van der Waals surface area contributed by atoms with Gasteiger partial charge in [0.2, 0.25) is 5.91 Å². The molecule has 3 N–H and O–H groups in total. The summed E-state index contributed by atoms with van der Waals surface area (Å²) >= 11 is 0. The van der Waals surface area contributed by atoms with Crippen LogP contribution in [-0.2, 0) is 6.54 Å². The lowest BCUT2D eigenvalue weighted by atomic mass is 10.1. The van der Waals surface area contributed by atoms with E-state index in [4.69, 9.17) is 10.5 Å². The lowest BCUT2D eigenvalue weighted by Gasteiger charge is -2.13. The summed E-state index contributed by atoms with van der Waals surface area (Å²) in [6, 6.07) is 8.19. The third-order valence-electron chi connectivity index (χ3n) is 3.00. The maximum absolute atomic E-state index is 13.6. The first-order chi connectivity index (χ1) is 10.0. The van der Waals surface area contributed by atoms with Gasteiger partial charge in [-0.25, -0.2) is 8.78 Å². The van der Waals surface area contributed by atoms with Crippen LogP contribution >= 0.6 is 0 Å². The van der Waals surface area contributed by atoms with Crippen molar-refractivity contribution in [2.45, 2.75) is 6.54 Å². The quantitative estimate of drug-likeness (QED) is 0.890. The molecule has 0 aromatic heterocycles. The molecule has 0 aliphatic rings. The van der Waals surface area contributed by atoms with Crippen LogP contribution < -0.4 is 15.8 Å². The van der Waals surface area contributed by atoms with Gasteiger partial charge in [-0.05, 0) is 30.3 Å². The standard InChI is InChI=1S/C15H14F2N2O2/c1-21-14-6-5-9(15(18)20)7-13(14)19-8-10-11(16)3-2-4-12(10)17/h2-7,19H,8H2,1H3,(H2,18,20). The summed E-state index contributed by atoms with van der Waals surface area (Å²) in [6.45, 7) is -0.0862. The van der Waals surface area contributed by atoms with Gasteiger partial charge in [0, 0.05) is 17.7 Å². The van der Waals surface area contributed by atoms with Crippen molar-refractivity contribution >= 4 is 11.6 Å². The van der Waals surface area contributed by atoms with Crippen LogP contribution in [0.25, 0.3) is 0 Å². The minimum Gasteiger partial charge on any atom is -0.495 e. The molecule has 0 radical (unpaired) electrons. The molecule has 4 nitrogen and oxygen atoms in total. The first-order valence-electron chi connectivity index (χ1n) is 6.17. The average Bonchev–Trinajstić information content (AvgIpc) is 2.46. The van der Waals surface area contributed by atoms with Gasteiger partial charge in [0.05, 0.1) is 12.8 Å². The molecule has 1 amide bonds. The van der Waals surface area contributed by atoms with Crippen molar-refractivity contribution in [1.82, 2.24) is 0 Å². The van der Waals surface area contributed by atoms with Crippen molar-refractivity contribution in [2.75, 3.05) is 12.4 Å². The van der Waals surface area contributed by atoms with E-state index < -0.39 is 17.5 Å². The van der Waals surface area contributed by atoms with E-state index >= 15 is 0 Å². The molecular weight excluding hydrogens is 278 g/mol. The molecule has 2 rings (SSSR count). The minimum atomic E-state index is -0.646. The van der Waals surface area contributed by atoms with Crippen molar-refractivity contribution in [3.05, 3.63) is 59.2 Å². The zero-order valence-corrected chi connectivity index (χ0v) is 11.3. The van der Waals surface area contributed by atoms with Gasteiger partial charge in [0.15, 0.2) is 0 Å². The van der Waals surface area contributed by atoms with E-state index in [2.05, 4.69) is 5.32 Å². The van der Waals surface area contributed by atoms with Gasteiger partial charge in [-0.1, -0.05) is 6.07 Å². The first kappa shape index (κ1) is 14.8. The highest BCUT2D eigenvalue weighted by Crippen LogP contribution is 2.26. The van der Waals surface area contributed by atoms with Crippen molar-refractivity contribution in [1.29, 1.82) is 0 Å². The third-order valence-corrected chi connectivity index (χ3v) is 3.00. The Bertz CT molecular complexity index is 654. The van der Waals surface area contributed by atoms with Gasteiger partial charge in [-0.15, -0.1) is 0 Å². The highest BCUT2D eigenvalue weighted by Gasteiger charge is 2.11. The number of benzene rings is 2. The third kappa shape index (κ3) is 3.28. The maximum Gasteiger partial charge on any atom is 0.248 e. The Morgan fingerprint density at radius 1 is 1.24 bits per heavy atom. The average molecular weight is 292 g/mol. The number of carbonyl (C=O) groups excluding carboxylic acids is 1. The SMILES string of the molecule is COc1ccc(C(N)=O)cc1NCc1c(F)cccc1F. The van der Waals surface area contributed by atoms with Crippen molar-refractivity contribution in [2.24, 2.45) is 5.73 Å². The molecule has 0 aliphatic heterocycles. The number of primary amides is 1. The second kappa shape index (κ2) is 6.21. The van der Waals surface area contributed by atoms with Crippen LogP contribution in [0.2, 0.25) is 0 Å². The van der Waals surface area contributed by atoms with Crippen LogP contribution in [0.4, 0.5) is 14.5 Å². The predicted molar refractivity (Wildman–Crippen MR) is 75.2 cm³/mol. The second-order valence-electron chi connectivity index (χ2n) is 4.33. The Labute approximate surface area is 120 Å². The van der Waals surface area contributed by atoms with Gasteiger partial charge >= 0.3 is 0 Å². The number of anilines is 1. The molecule has 0 aliphatic carbocycles. The summed E-state index contributed by atoms with van der Waals surface area (Å²) in [5.41, 5.74) is 5.81. The Kier molecular flexibility index (Phi) is 4.37. The highest BCUT2D eigenvalue weighted by atomic mass is 19.1. The molecule has 2 aromatic carbocycles. The second-order valence-corrected chi connectivity index (χ2v) is 4.33. The Morgan fingerprint density at radius 3 is 2.48 bits per heavy atom. The molecule has 0 fully saturated rings. The largest absolute Gasteiger partial charge is 0.495 e. The van der Waals surface area contributed by atoms with E-state index in [0.717, 1.165) is 0 Å². The van der Waals surface area contributed by atoms with E-state index in [1.165, 1.54) is 37.4 Å². The number of rotatable bonds is 5. The molecule has 0 saturated carbocycles. The number of ether oxygens (including phenoxy) is 1. The van der Waals surface area contributed by atoms with Crippen LogP contribution in [0.1, 0.15) is 15.9 Å². The number of amides is 1. The molecule has 0 saturated heterocycles. The molecule has 0 unspecified atom stereocenters. The lowest BCUT2D eigenvalue weighted by Crippen LogP contribution is -2.12. The first-order valence-corrected chi connectivity index (χ1v) is 6.17. The topological polar surface area (TPSA) is 64.3 Å². The zero-order chi connectivity index (χ0) is 15.4. The molecule has 21 heavy (non-hydrogen) atoms. The van der Waals surface area contributed by atoms with Crippen LogP contribution in [0.15, 0.2) is 36.4 Å². The normalized spacial score (nSPS) is 10.2. The fourth-order valence-corrected chi connectivity index (χ4v) is 1.88. The lowest BCUT2D eigenvalue weighted by molar-refractivity contribution is 0.100. The molecule has 2 aromatic rings. The van der Waals surface area contributed by atoms with Gasteiger partial charge in [0.1, 0.15) is 17.4 Å². The molecular formula is C15H14F2N2O2. The van der Waals surface area contributed by atoms with Crippen LogP contribution in [0.3, 0.4) is 0 Å². The number of halogens is 2. The molecule has 0 bridgehead atoms. The molecule has 6 heteroatoms. The molecule has 0 spiro atoms. The van der Waals surface area contributed by atoms with E-state index in [1.54, 1.807) is 6.07 Å². The monoisotopic (exact) mass is 292 g/mol. The predicted octanol–water partition coefficient (Wildman–Crippen LogP) is 2.68. The number of nitrogens with two attached hydrogens (primary N) is 1. The fourth-order valence-electron chi connectivity index (χ4n) is 1.88. The van der Waals surface area contributed by atoms with E-state index in [0.29, 0.717) is 11.4 Å². The Morgan fingerprint density at radius 2 is 1.90 bits per heavy atom. The summed E-state index contributed by atoms with van der Waals surface area (Å²) < 4.78 is 32.2. The smallest absolute Gasteiger partial charge is 0.248 e. The van der Waals surface area contributed by atoms with Crippen LogP contribution in [0.5, 0.6) is 5.75 Å². The van der Waals surface area contributed by atoms with Crippen LogP contribution in [0, 0.1) is 11.6 Å². The Balaban J connectivity index is 2.26. The molecule has 0 atom stereocenters. The van der Waals surface area contributed by atoms with Gasteiger partial charge < -0.3 is 15.8 Å². The molecule has 110 valence electrons. The number of hydrogen-bond donors (Lipinski definition) is 2. The van der Waals surface area contributed by atoms with Crippen molar-refractivity contribution < 1.29 is 18.3 Å². The van der Waals surface area contributed by atoms with Crippen molar-refractivity contribution in [3.63, 3.8) is 0 Å². The summed E-state index contributed by atoms with van der Waals surface area (Å²) in [7, 11) is 1.45. The van der Waals surface area contributed by atoms with Crippen molar-refractivity contribution in [3.8, 4) is 5.75 Å². The number of carbonyl (C=O) groups is 1. The molecule has 0 heterocycles. The highest BCUT2D eigenvalue weighted by molar-refractivity contribution is 5.94. The van der Waals surface area contributed by atoms with E-state index in [1.807, 2.05) is 0 Å². The Hall–Kier alpha value is -2.63. The minimum absolute atomic E-state index is 0.0862. The van der Waals surface area contributed by atoms with Crippen LogP contribution in [-0.4, -0.2) is 13.0 Å². The summed E-state index contributed by atoms with van der Waals surface area (Å²) in [4.78, 5) is 11.2. The number of methoxy groups -OCH3 is 1. The van der Waals surface area contributed by atoms with Gasteiger partial charge in [0.25, 0.3) is 0 Å². The fraction of sp³-hybridized carbons (Fsp3) is 0.133. The zero-order valence-electron chi connectivity index (χ0n) is 11.3. The van der Waals surface area contributed by atoms with Gasteiger partial charge in [-0.3, -0.25) is 4.79 Å². The summed E-state index contributed by atoms with van der Waals surface area (Å²) in [6.07, 6.45) is 0. The number of hydrogen-bond acceptors (Lipinski definition) is 3. The van der Waals surface area contributed by atoms with E-state index in [-0.39, 0.29) is 17.7 Å². The summed E-state index contributed by atoms with van der Waals surface area (Å²) in [5, 5.41) is 2.84. The number of nitrogens with one attached hydrogen (secondary N) is 1. The summed E-state index contributed by atoms with van der Waals surface area (Å²) in [5.74, 6) is -1.45. The van der Waals surface area contributed by atoms with E-state index in [9.17, 15) is 13.6 Å². The maximum atomic E-state index is 13.6. The van der Waals surface area contributed by atoms with Gasteiger partial charge in [-0.2, -0.15) is 0 Å².